The summed E-state index contributed by atoms with van der Waals surface area (Å²) in [6, 6.07) is 15.3. The number of aryl methyl sites for hydroxylation is 1. The molecule has 0 saturated heterocycles. The Kier molecular flexibility index (Phi) is 3.91. The van der Waals surface area contributed by atoms with E-state index in [0.29, 0.717) is 6.42 Å². The van der Waals surface area contributed by atoms with Crippen molar-refractivity contribution in [1.82, 2.24) is 5.32 Å². The lowest BCUT2D eigenvalue weighted by molar-refractivity contribution is -0.121. The highest BCUT2D eigenvalue weighted by Crippen LogP contribution is 2.29. The van der Waals surface area contributed by atoms with Gasteiger partial charge in [-0.1, -0.05) is 36.4 Å². The van der Waals surface area contributed by atoms with E-state index in [1.807, 2.05) is 6.07 Å². The van der Waals surface area contributed by atoms with Crippen molar-refractivity contribution in [2.24, 2.45) is 0 Å². The lowest BCUT2D eigenvalue weighted by Crippen LogP contribution is -2.32. The van der Waals surface area contributed by atoms with Gasteiger partial charge in [-0.3, -0.25) is 4.79 Å². The van der Waals surface area contributed by atoms with E-state index < -0.39 is 0 Å². The maximum Gasteiger partial charge on any atom is 0.224 e. The summed E-state index contributed by atoms with van der Waals surface area (Å²) in [5.41, 5.74) is 3.51. The molecule has 0 radical (unpaired) electrons. The summed E-state index contributed by atoms with van der Waals surface area (Å²) in [5.74, 6) is 0.253. The molecule has 0 spiro atoms. The van der Waals surface area contributed by atoms with E-state index in [1.165, 1.54) is 11.1 Å². The smallest absolute Gasteiger partial charge is 0.224 e. The lowest BCUT2D eigenvalue weighted by atomic mass is 9.87. The van der Waals surface area contributed by atoms with Crippen LogP contribution in [0.2, 0.25) is 0 Å². The summed E-state index contributed by atoms with van der Waals surface area (Å²) in [4.78, 5) is 12.2. The van der Waals surface area contributed by atoms with Crippen LogP contribution in [0, 0.1) is 0 Å². The molecule has 1 aliphatic rings. The second-order valence-corrected chi connectivity index (χ2v) is 5.55. The van der Waals surface area contributed by atoms with Gasteiger partial charge in [0.25, 0.3) is 0 Å². The Balaban J connectivity index is 1.67. The molecule has 2 aromatic rings. The predicted molar refractivity (Wildman–Crippen MR) is 82.1 cm³/mol. The van der Waals surface area contributed by atoms with Crippen LogP contribution in [0.3, 0.4) is 0 Å². The Hall–Kier alpha value is -2.29. The predicted octanol–water partition coefficient (Wildman–Crippen LogP) is 3.13. The number of amides is 1. The Bertz CT molecular complexity index is 634. The fourth-order valence-corrected chi connectivity index (χ4v) is 2.95. The molecule has 0 aliphatic heterocycles. The van der Waals surface area contributed by atoms with E-state index in [2.05, 4.69) is 23.5 Å². The molecule has 0 heterocycles. The van der Waals surface area contributed by atoms with Crippen LogP contribution >= 0.6 is 0 Å². The third-order valence-electron chi connectivity index (χ3n) is 4.01. The van der Waals surface area contributed by atoms with Crippen molar-refractivity contribution in [3.05, 3.63) is 65.2 Å². The Morgan fingerprint density at radius 2 is 1.90 bits per heavy atom. The third-order valence-corrected chi connectivity index (χ3v) is 4.01. The van der Waals surface area contributed by atoms with Gasteiger partial charge in [-0.2, -0.15) is 0 Å². The number of rotatable bonds is 3. The number of hydrogen-bond donors (Lipinski definition) is 2. The molecule has 3 nitrogen and oxygen atoms in total. The molecule has 1 aliphatic carbocycles. The Morgan fingerprint density at radius 3 is 2.71 bits per heavy atom. The second-order valence-electron chi connectivity index (χ2n) is 5.55. The first-order valence-corrected chi connectivity index (χ1v) is 7.37. The largest absolute Gasteiger partial charge is 0.508 e. The first-order valence-electron chi connectivity index (χ1n) is 7.37. The van der Waals surface area contributed by atoms with Crippen molar-refractivity contribution in [3.8, 4) is 5.75 Å². The van der Waals surface area contributed by atoms with Crippen LogP contribution in [-0.4, -0.2) is 11.0 Å². The fourth-order valence-electron chi connectivity index (χ4n) is 2.95. The van der Waals surface area contributed by atoms with E-state index in [1.54, 1.807) is 24.3 Å². The summed E-state index contributed by atoms with van der Waals surface area (Å²) >= 11 is 0. The average Bonchev–Trinajstić information content (AvgIpc) is 2.50. The van der Waals surface area contributed by atoms with Crippen molar-refractivity contribution in [3.63, 3.8) is 0 Å². The highest BCUT2D eigenvalue weighted by Gasteiger charge is 2.21. The third kappa shape index (κ3) is 3.24. The zero-order valence-corrected chi connectivity index (χ0v) is 11.9. The number of nitrogens with one attached hydrogen (secondary N) is 1. The fraction of sp³-hybridized carbons (Fsp3) is 0.278. The molecule has 21 heavy (non-hydrogen) atoms. The van der Waals surface area contributed by atoms with Crippen molar-refractivity contribution < 1.29 is 9.90 Å². The number of aromatic hydroxyl groups is 1. The molecule has 0 fully saturated rings. The van der Waals surface area contributed by atoms with Crippen molar-refractivity contribution in [2.75, 3.05) is 0 Å². The first-order chi connectivity index (χ1) is 10.2. The Labute approximate surface area is 124 Å². The van der Waals surface area contributed by atoms with Crippen LogP contribution in [0.15, 0.2) is 48.5 Å². The number of carbonyl (C=O) groups excluding carboxylic acids is 1. The molecular weight excluding hydrogens is 262 g/mol. The van der Waals surface area contributed by atoms with Crippen LogP contribution < -0.4 is 5.32 Å². The molecule has 2 aromatic carbocycles. The molecule has 108 valence electrons. The molecule has 2 N–H and O–H groups in total. The van der Waals surface area contributed by atoms with Gasteiger partial charge in [-0.15, -0.1) is 0 Å². The lowest BCUT2D eigenvalue weighted by Gasteiger charge is -2.26. The van der Waals surface area contributed by atoms with E-state index in [0.717, 1.165) is 24.8 Å². The summed E-state index contributed by atoms with van der Waals surface area (Å²) in [7, 11) is 0. The van der Waals surface area contributed by atoms with Gasteiger partial charge in [0, 0.05) is 0 Å². The van der Waals surface area contributed by atoms with E-state index in [-0.39, 0.29) is 17.7 Å². The van der Waals surface area contributed by atoms with Gasteiger partial charge >= 0.3 is 0 Å². The molecule has 0 bridgehead atoms. The number of carbonyl (C=O) groups is 1. The maximum atomic E-state index is 12.2. The van der Waals surface area contributed by atoms with Crippen LogP contribution in [0.1, 0.15) is 35.6 Å². The SMILES string of the molecule is O=C(Cc1ccc(O)cc1)N[C@H]1CCCc2ccccc21. The normalized spacial score (nSPS) is 17.0. The second kappa shape index (κ2) is 6.00. The molecule has 3 heteroatoms. The monoisotopic (exact) mass is 281 g/mol. The molecular formula is C18H19NO2. The van der Waals surface area contributed by atoms with Gasteiger partial charge in [0.15, 0.2) is 0 Å². The summed E-state index contributed by atoms with van der Waals surface area (Å²) in [6.07, 6.45) is 3.55. The quantitative estimate of drug-likeness (QED) is 0.908. The van der Waals surface area contributed by atoms with E-state index in [9.17, 15) is 9.90 Å². The topological polar surface area (TPSA) is 49.3 Å². The number of hydrogen-bond acceptors (Lipinski definition) is 2. The Morgan fingerprint density at radius 1 is 1.14 bits per heavy atom. The van der Waals surface area contributed by atoms with Crippen LogP contribution in [0.4, 0.5) is 0 Å². The van der Waals surface area contributed by atoms with E-state index in [4.69, 9.17) is 0 Å². The minimum atomic E-state index is 0.0300. The first kappa shape index (κ1) is 13.7. The molecule has 3 rings (SSSR count). The van der Waals surface area contributed by atoms with Crippen molar-refractivity contribution in [1.29, 1.82) is 0 Å². The minimum Gasteiger partial charge on any atom is -0.508 e. The highest BCUT2D eigenvalue weighted by atomic mass is 16.3. The number of phenolic OH excluding ortho intramolecular Hbond substituents is 1. The summed E-state index contributed by atoms with van der Waals surface area (Å²) < 4.78 is 0. The zero-order chi connectivity index (χ0) is 14.7. The minimum absolute atomic E-state index is 0.0300. The molecule has 1 amide bonds. The van der Waals surface area contributed by atoms with Gasteiger partial charge in [-0.05, 0) is 48.1 Å². The number of phenols is 1. The van der Waals surface area contributed by atoms with E-state index >= 15 is 0 Å². The van der Waals surface area contributed by atoms with Gasteiger partial charge in [0.2, 0.25) is 5.91 Å². The standard InChI is InChI=1S/C18H19NO2/c20-15-10-8-13(9-11-15)12-18(21)19-17-7-3-5-14-4-1-2-6-16(14)17/h1-2,4,6,8-11,17,20H,3,5,7,12H2,(H,19,21)/t17-/m0/s1. The van der Waals surface area contributed by atoms with Crippen LogP contribution in [0.5, 0.6) is 5.75 Å². The number of fused-ring (bicyclic) bond motifs is 1. The average molecular weight is 281 g/mol. The van der Waals surface area contributed by atoms with Gasteiger partial charge in [0.05, 0.1) is 12.5 Å². The summed E-state index contributed by atoms with van der Waals surface area (Å²) in [6.45, 7) is 0. The highest BCUT2D eigenvalue weighted by molar-refractivity contribution is 5.79. The molecule has 0 aromatic heterocycles. The molecule has 0 saturated carbocycles. The molecule has 0 unspecified atom stereocenters. The van der Waals surface area contributed by atoms with Gasteiger partial charge < -0.3 is 10.4 Å². The zero-order valence-electron chi connectivity index (χ0n) is 11.9. The van der Waals surface area contributed by atoms with Crippen molar-refractivity contribution in [2.45, 2.75) is 31.7 Å². The maximum absolute atomic E-state index is 12.2. The summed E-state index contributed by atoms with van der Waals surface area (Å²) in [5, 5.41) is 12.4. The van der Waals surface area contributed by atoms with Crippen LogP contribution in [0.25, 0.3) is 0 Å². The van der Waals surface area contributed by atoms with Gasteiger partial charge in [0.1, 0.15) is 5.75 Å². The molecule has 1 atom stereocenters. The van der Waals surface area contributed by atoms with Crippen LogP contribution in [-0.2, 0) is 17.6 Å². The van der Waals surface area contributed by atoms with Gasteiger partial charge in [-0.25, -0.2) is 0 Å². The number of benzene rings is 2. The van der Waals surface area contributed by atoms with Crippen molar-refractivity contribution >= 4 is 5.91 Å².